The van der Waals surface area contributed by atoms with Gasteiger partial charge in [-0.2, -0.15) is 0 Å². The summed E-state index contributed by atoms with van der Waals surface area (Å²) in [4.78, 5) is 19.7. The predicted molar refractivity (Wildman–Crippen MR) is 115 cm³/mol. The van der Waals surface area contributed by atoms with Crippen LogP contribution in [-0.2, 0) is 26.3 Å². The first kappa shape index (κ1) is 20.3. The number of hydrogen-bond donors (Lipinski definition) is 1. The van der Waals surface area contributed by atoms with E-state index in [0.29, 0.717) is 36.0 Å². The van der Waals surface area contributed by atoms with E-state index >= 15 is 0 Å². The maximum absolute atomic E-state index is 13.0. The van der Waals surface area contributed by atoms with Crippen molar-refractivity contribution in [2.75, 3.05) is 0 Å². The van der Waals surface area contributed by atoms with E-state index in [1.54, 1.807) is 11.2 Å². The van der Waals surface area contributed by atoms with Crippen molar-refractivity contribution in [3.8, 4) is 5.75 Å². The van der Waals surface area contributed by atoms with Gasteiger partial charge in [-0.1, -0.05) is 18.2 Å². The van der Waals surface area contributed by atoms with E-state index in [2.05, 4.69) is 4.98 Å². The minimum atomic E-state index is -0.0737. The molecule has 0 radical (unpaired) electrons. The van der Waals surface area contributed by atoms with Gasteiger partial charge in [0.25, 0.3) is 5.91 Å². The minimum absolute atomic E-state index is 0.0351. The van der Waals surface area contributed by atoms with Crippen LogP contribution in [0.3, 0.4) is 0 Å². The number of carbonyl (C=O) groups is 1. The Kier molecular flexibility index (Phi) is 6.58. The Bertz CT molecular complexity index is 1070. The Balaban J connectivity index is 1.46. The number of aromatic nitrogens is 1. The van der Waals surface area contributed by atoms with Crippen LogP contribution in [0.15, 0.2) is 70.0 Å². The van der Waals surface area contributed by atoms with E-state index in [1.165, 1.54) is 22.7 Å². The number of carbonyl (C=O) groups excluding carboxylic acids is 1. The molecule has 1 aromatic carbocycles. The highest BCUT2D eigenvalue weighted by Crippen LogP contribution is 2.21. The second kappa shape index (κ2) is 9.71. The van der Waals surface area contributed by atoms with Gasteiger partial charge in [0.1, 0.15) is 23.1 Å². The van der Waals surface area contributed by atoms with Gasteiger partial charge < -0.3 is 19.2 Å². The van der Waals surface area contributed by atoms with Crippen molar-refractivity contribution < 1.29 is 19.1 Å². The maximum Gasteiger partial charge on any atom is 0.264 e. The molecule has 4 rings (SSSR count). The monoisotopic (exact) mass is 440 g/mol. The average molecular weight is 441 g/mol. The number of ether oxygens (including phenoxy) is 1. The number of furan rings is 1. The number of hydrogen-bond acceptors (Lipinski definition) is 7. The highest BCUT2D eigenvalue weighted by atomic mass is 32.1. The second-order valence-electron chi connectivity index (χ2n) is 6.54. The molecule has 0 saturated carbocycles. The van der Waals surface area contributed by atoms with Crippen LogP contribution in [0.4, 0.5) is 0 Å². The zero-order valence-corrected chi connectivity index (χ0v) is 17.7. The molecule has 6 nitrogen and oxygen atoms in total. The number of thiazole rings is 1. The van der Waals surface area contributed by atoms with E-state index < -0.39 is 0 Å². The van der Waals surface area contributed by atoms with Gasteiger partial charge in [-0.15, -0.1) is 22.7 Å². The first-order valence-corrected chi connectivity index (χ1v) is 11.1. The molecule has 0 fully saturated rings. The largest absolute Gasteiger partial charge is 0.486 e. The molecule has 154 valence electrons. The molecule has 0 aliphatic rings. The topological polar surface area (TPSA) is 75.8 Å². The van der Waals surface area contributed by atoms with Crippen LogP contribution < -0.4 is 4.74 Å². The SMILES string of the molecule is O=C(c1cccs1)N(Cc1cccc(OCc2nc(CO)cs2)c1)Cc1ccco1. The summed E-state index contributed by atoms with van der Waals surface area (Å²) in [7, 11) is 0. The maximum atomic E-state index is 13.0. The van der Waals surface area contributed by atoms with Gasteiger partial charge in [-0.25, -0.2) is 4.98 Å². The lowest BCUT2D eigenvalue weighted by Crippen LogP contribution is -2.29. The molecular weight excluding hydrogens is 420 g/mol. The van der Waals surface area contributed by atoms with Gasteiger partial charge >= 0.3 is 0 Å². The standard InChI is InChI=1S/C22H20N2O4S2/c25-13-17-15-30-21(23-17)14-28-18-5-1-4-16(10-18)11-24(12-19-6-2-8-27-19)22(26)20-7-3-9-29-20/h1-10,15,25H,11-14H2. The number of rotatable bonds is 9. The fourth-order valence-corrected chi connectivity index (χ4v) is 4.32. The molecular formula is C22H20N2O4S2. The van der Waals surface area contributed by atoms with E-state index in [9.17, 15) is 4.79 Å². The van der Waals surface area contributed by atoms with Gasteiger partial charge in [-0.05, 0) is 41.3 Å². The second-order valence-corrected chi connectivity index (χ2v) is 8.44. The van der Waals surface area contributed by atoms with Crippen LogP contribution in [0.5, 0.6) is 5.75 Å². The zero-order valence-electron chi connectivity index (χ0n) is 16.1. The predicted octanol–water partition coefficient (Wildman–Crippen LogP) is 4.71. The van der Waals surface area contributed by atoms with Crippen molar-refractivity contribution in [3.05, 3.63) is 92.5 Å². The van der Waals surface area contributed by atoms with Crippen LogP contribution in [0.2, 0.25) is 0 Å². The van der Waals surface area contributed by atoms with Gasteiger partial charge in [0, 0.05) is 11.9 Å². The molecule has 3 aromatic heterocycles. The summed E-state index contributed by atoms with van der Waals surface area (Å²) in [5, 5.41) is 13.6. The van der Waals surface area contributed by atoms with Crippen LogP contribution in [0.25, 0.3) is 0 Å². The number of benzene rings is 1. The average Bonchev–Trinajstić information content (AvgIpc) is 3.54. The molecule has 0 unspecified atom stereocenters. The number of amides is 1. The van der Waals surface area contributed by atoms with Crippen molar-refractivity contribution in [1.82, 2.24) is 9.88 Å². The molecule has 0 aliphatic heterocycles. The van der Waals surface area contributed by atoms with Gasteiger partial charge in [-0.3, -0.25) is 4.79 Å². The Morgan fingerprint density at radius 2 is 2.07 bits per heavy atom. The summed E-state index contributed by atoms with van der Waals surface area (Å²) >= 11 is 2.88. The lowest BCUT2D eigenvalue weighted by molar-refractivity contribution is 0.0722. The molecule has 0 atom stereocenters. The summed E-state index contributed by atoms with van der Waals surface area (Å²) in [6, 6.07) is 15.1. The van der Waals surface area contributed by atoms with E-state index in [0.717, 1.165) is 16.3 Å². The highest BCUT2D eigenvalue weighted by molar-refractivity contribution is 7.12. The fourth-order valence-electron chi connectivity index (χ4n) is 2.93. The molecule has 4 aromatic rings. The van der Waals surface area contributed by atoms with Crippen LogP contribution in [-0.4, -0.2) is 20.9 Å². The van der Waals surface area contributed by atoms with Crippen molar-refractivity contribution in [1.29, 1.82) is 0 Å². The molecule has 8 heteroatoms. The third-order valence-corrected chi connectivity index (χ3v) is 6.07. The highest BCUT2D eigenvalue weighted by Gasteiger charge is 2.19. The lowest BCUT2D eigenvalue weighted by Gasteiger charge is -2.21. The van der Waals surface area contributed by atoms with Gasteiger partial charge in [0.2, 0.25) is 0 Å². The third kappa shape index (κ3) is 5.15. The Morgan fingerprint density at radius 1 is 1.13 bits per heavy atom. The molecule has 1 N–H and O–H groups in total. The first-order valence-electron chi connectivity index (χ1n) is 9.32. The molecule has 3 heterocycles. The van der Waals surface area contributed by atoms with E-state index in [1.807, 2.05) is 59.3 Å². The summed E-state index contributed by atoms with van der Waals surface area (Å²) in [5.74, 6) is 1.40. The van der Waals surface area contributed by atoms with Gasteiger partial charge in [0.15, 0.2) is 0 Å². The summed E-state index contributed by atoms with van der Waals surface area (Å²) in [6.07, 6.45) is 1.61. The Labute approximate surface area is 182 Å². The first-order chi connectivity index (χ1) is 14.7. The molecule has 30 heavy (non-hydrogen) atoms. The van der Waals surface area contributed by atoms with Crippen molar-refractivity contribution in [2.24, 2.45) is 0 Å². The smallest absolute Gasteiger partial charge is 0.264 e. The molecule has 0 spiro atoms. The normalized spacial score (nSPS) is 10.8. The van der Waals surface area contributed by atoms with Crippen molar-refractivity contribution >= 4 is 28.6 Å². The van der Waals surface area contributed by atoms with Crippen molar-refractivity contribution in [2.45, 2.75) is 26.3 Å². The van der Waals surface area contributed by atoms with Crippen LogP contribution >= 0.6 is 22.7 Å². The summed E-state index contributed by atoms with van der Waals surface area (Å²) in [6.45, 7) is 1.08. The van der Waals surface area contributed by atoms with Crippen molar-refractivity contribution in [3.63, 3.8) is 0 Å². The quantitative estimate of drug-likeness (QED) is 0.408. The summed E-state index contributed by atoms with van der Waals surface area (Å²) in [5.41, 5.74) is 1.60. The molecule has 0 bridgehead atoms. The molecule has 0 aliphatic carbocycles. The fraction of sp³-hybridized carbons (Fsp3) is 0.182. The van der Waals surface area contributed by atoms with Crippen LogP contribution in [0.1, 0.15) is 31.7 Å². The third-order valence-electron chi connectivity index (χ3n) is 4.34. The molecule has 1 amide bonds. The zero-order chi connectivity index (χ0) is 20.8. The minimum Gasteiger partial charge on any atom is -0.486 e. The lowest BCUT2D eigenvalue weighted by atomic mass is 10.2. The van der Waals surface area contributed by atoms with Gasteiger partial charge in [0.05, 0.1) is 30.0 Å². The Morgan fingerprint density at radius 3 is 2.80 bits per heavy atom. The van der Waals surface area contributed by atoms with E-state index in [4.69, 9.17) is 14.3 Å². The van der Waals surface area contributed by atoms with Crippen LogP contribution in [0, 0.1) is 0 Å². The number of aliphatic hydroxyl groups is 1. The number of nitrogens with zero attached hydrogens (tertiary/aromatic N) is 2. The number of aliphatic hydroxyl groups excluding tert-OH is 1. The van der Waals surface area contributed by atoms with E-state index in [-0.39, 0.29) is 12.5 Å². The summed E-state index contributed by atoms with van der Waals surface area (Å²) < 4.78 is 11.3. The molecule has 0 saturated heterocycles. The number of thiophene rings is 1. The Hall–Kier alpha value is -2.94.